The van der Waals surface area contributed by atoms with E-state index < -0.39 is 0 Å². The molecule has 0 heterocycles. The van der Waals surface area contributed by atoms with Gasteiger partial charge in [0.2, 0.25) is 5.75 Å². The molecule has 0 atom stereocenters. The Morgan fingerprint density at radius 3 is 1.95 bits per heavy atom. The molecular weight excluding hydrogens is 284 g/mol. The third-order valence-corrected chi connectivity index (χ3v) is 3.25. The van der Waals surface area contributed by atoms with Gasteiger partial charge >= 0.3 is 0 Å². The Morgan fingerprint density at radius 1 is 0.818 bits per heavy atom. The van der Waals surface area contributed by atoms with Crippen LogP contribution in [0.2, 0.25) is 0 Å². The SMILES string of the molecule is COc1cc(C)ccc1OCc1cc(OC)c(O)c(OC)c1. The number of aryl methyl sites for hydroxylation is 1. The highest BCUT2D eigenvalue weighted by atomic mass is 16.5. The van der Waals surface area contributed by atoms with Crippen molar-refractivity contribution in [3.63, 3.8) is 0 Å². The van der Waals surface area contributed by atoms with Gasteiger partial charge in [0.25, 0.3) is 0 Å². The van der Waals surface area contributed by atoms with E-state index in [1.54, 1.807) is 19.2 Å². The van der Waals surface area contributed by atoms with Gasteiger partial charge in [-0.3, -0.25) is 0 Å². The third-order valence-electron chi connectivity index (χ3n) is 3.25. The second-order valence-corrected chi connectivity index (χ2v) is 4.79. The normalized spacial score (nSPS) is 10.2. The lowest BCUT2D eigenvalue weighted by Crippen LogP contribution is -1.99. The first-order valence-electron chi connectivity index (χ1n) is 6.80. The topological polar surface area (TPSA) is 57.2 Å². The van der Waals surface area contributed by atoms with Crippen LogP contribution >= 0.6 is 0 Å². The van der Waals surface area contributed by atoms with Crippen LogP contribution in [0.25, 0.3) is 0 Å². The van der Waals surface area contributed by atoms with Crippen LogP contribution in [0.4, 0.5) is 0 Å². The van der Waals surface area contributed by atoms with Gasteiger partial charge in [-0.2, -0.15) is 0 Å². The second-order valence-electron chi connectivity index (χ2n) is 4.79. The molecule has 0 radical (unpaired) electrons. The van der Waals surface area contributed by atoms with Gasteiger partial charge in [0.1, 0.15) is 6.61 Å². The van der Waals surface area contributed by atoms with Crippen molar-refractivity contribution in [1.29, 1.82) is 0 Å². The van der Waals surface area contributed by atoms with E-state index in [1.807, 2.05) is 25.1 Å². The molecule has 0 bridgehead atoms. The van der Waals surface area contributed by atoms with Crippen LogP contribution < -0.4 is 18.9 Å². The highest BCUT2D eigenvalue weighted by Crippen LogP contribution is 2.37. The average Bonchev–Trinajstić information content (AvgIpc) is 2.54. The number of methoxy groups -OCH3 is 3. The van der Waals surface area contributed by atoms with Gasteiger partial charge in [0.05, 0.1) is 21.3 Å². The van der Waals surface area contributed by atoms with Crippen molar-refractivity contribution in [1.82, 2.24) is 0 Å². The molecule has 2 rings (SSSR count). The zero-order valence-corrected chi connectivity index (χ0v) is 13.2. The minimum atomic E-state index is -0.0262. The Morgan fingerprint density at radius 2 is 1.41 bits per heavy atom. The fraction of sp³-hybridized carbons (Fsp3) is 0.294. The van der Waals surface area contributed by atoms with Crippen molar-refractivity contribution in [2.24, 2.45) is 0 Å². The van der Waals surface area contributed by atoms with Crippen LogP contribution in [0.15, 0.2) is 30.3 Å². The van der Waals surface area contributed by atoms with Crippen LogP contribution in [0, 0.1) is 6.92 Å². The minimum Gasteiger partial charge on any atom is -0.502 e. The fourth-order valence-corrected chi connectivity index (χ4v) is 2.09. The lowest BCUT2D eigenvalue weighted by molar-refractivity contribution is 0.281. The van der Waals surface area contributed by atoms with Crippen LogP contribution in [-0.4, -0.2) is 26.4 Å². The highest BCUT2D eigenvalue weighted by Gasteiger charge is 2.12. The van der Waals surface area contributed by atoms with Crippen molar-refractivity contribution < 1.29 is 24.1 Å². The summed E-state index contributed by atoms with van der Waals surface area (Å²) in [5.74, 6) is 1.99. The Labute approximate surface area is 130 Å². The molecule has 0 aliphatic carbocycles. The van der Waals surface area contributed by atoms with E-state index in [4.69, 9.17) is 18.9 Å². The summed E-state index contributed by atoms with van der Waals surface area (Å²) >= 11 is 0. The van der Waals surface area contributed by atoms with Crippen molar-refractivity contribution in [2.75, 3.05) is 21.3 Å². The van der Waals surface area contributed by atoms with Crippen LogP contribution in [-0.2, 0) is 6.61 Å². The van der Waals surface area contributed by atoms with E-state index in [-0.39, 0.29) is 5.75 Å². The summed E-state index contributed by atoms with van der Waals surface area (Å²) in [6.45, 7) is 2.29. The molecule has 0 unspecified atom stereocenters. The summed E-state index contributed by atoms with van der Waals surface area (Å²) in [7, 11) is 4.58. The summed E-state index contributed by atoms with van der Waals surface area (Å²) in [4.78, 5) is 0. The zero-order chi connectivity index (χ0) is 16.1. The van der Waals surface area contributed by atoms with E-state index in [1.165, 1.54) is 14.2 Å². The Hall–Kier alpha value is -2.56. The first kappa shape index (κ1) is 15.8. The van der Waals surface area contributed by atoms with Gasteiger partial charge in [0, 0.05) is 0 Å². The molecule has 22 heavy (non-hydrogen) atoms. The van der Waals surface area contributed by atoms with Crippen LogP contribution in [0.1, 0.15) is 11.1 Å². The number of hydrogen-bond acceptors (Lipinski definition) is 5. The van der Waals surface area contributed by atoms with Gasteiger partial charge in [0.15, 0.2) is 23.0 Å². The third kappa shape index (κ3) is 3.36. The molecule has 0 saturated carbocycles. The molecule has 0 amide bonds. The Bertz CT molecular complexity index is 626. The molecule has 1 N–H and O–H groups in total. The molecule has 0 spiro atoms. The number of hydrogen-bond donors (Lipinski definition) is 1. The summed E-state index contributed by atoms with van der Waals surface area (Å²) in [6.07, 6.45) is 0. The van der Waals surface area contributed by atoms with Gasteiger partial charge in [-0.25, -0.2) is 0 Å². The molecule has 118 valence electrons. The Balaban J connectivity index is 2.21. The van der Waals surface area contributed by atoms with Gasteiger partial charge in [-0.15, -0.1) is 0 Å². The van der Waals surface area contributed by atoms with E-state index in [0.29, 0.717) is 29.6 Å². The number of aromatic hydroxyl groups is 1. The van der Waals surface area contributed by atoms with Crippen molar-refractivity contribution in [3.05, 3.63) is 41.5 Å². The maximum absolute atomic E-state index is 9.90. The number of rotatable bonds is 6. The van der Waals surface area contributed by atoms with Gasteiger partial charge in [-0.1, -0.05) is 6.07 Å². The molecule has 5 nitrogen and oxygen atoms in total. The quantitative estimate of drug-likeness (QED) is 0.887. The molecule has 2 aromatic rings. The van der Waals surface area contributed by atoms with E-state index in [9.17, 15) is 5.11 Å². The van der Waals surface area contributed by atoms with Crippen LogP contribution in [0.5, 0.6) is 28.7 Å². The number of phenols is 1. The molecule has 2 aromatic carbocycles. The predicted molar refractivity (Wildman–Crippen MR) is 83.3 cm³/mol. The number of phenolic OH excluding ortho intramolecular Hbond substituents is 1. The lowest BCUT2D eigenvalue weighted by Gasteiger charge is -2.14. The van der Waals surface area contributed by atoms with Crippen LogP contribution in [0.3, 0.4) is 0 Å². The molecular formula is C17H20O5. The summed E-state index contributed by atoms with van der Waals surface area (Å²) in [5, 5.41) is 9.90. The minimum absolute atomic E-state index is 0.0262. The largest absolute Gasteiger partial charge is 0.502 e. The molecule has 0 aliphatic rings. The molecule has 0 saturated heterocycles. The molecule has 5 heteroatoms. The number of benzene rings is 2. The molecule has 0 fully saturated rings. The lowest BCUT2D eigenvalue weighted by atomic mass is 10.2. The summed E-state index contributed by atoms with van der Waals surface area (Å²) < 4.78 is 21.4. The van der Waals surface area contributed by atoms with E-state index in [2.05, 4.69) is 0 Å². The van der Waals surface area contributed by atoms with Crippen molar-refractivity contribution in [3.8, 4) is 28.7 Å². The van der Waals surface area contributed by atoms with E-state index >= 15 is 0 Å². The van der Waals surface area contributed by atoms with Gasteiger partial charge < -0.3 is 24.1 Å². The maximum atomic E-state index is 9.90. The average molecular weight is 304 g/mol. The van der Waals surface area contributed by atoms with Gasteiger partial charge in [-0.05, 0) is 42.3 Å². The zero-order valence-electron chi connectivity index (χ0n) is 13.2. The molecule has 0 aliphatic heterocycles. The predicted octanol–water partition coefficient (Wildman–Crippen LogP) is 3.31. The molecule has 0 aromatic heterocycles. The van der Waals surface area contributed by atoms with Crippen molar-refractivity contribution in [2.45, 2.75) is 13.5 Å². The standard InChI is InChI=1S/C17H20O5/c1-11-5-6-13(14(7-11)19-2)22-10-12-8-15(20-3)17(18)16(9-12)21-4/h5-9,18H,10H2,1-4H3. The fourth-order valence-electron chi connectivity index (χ4n) is 2.09. The van der Waals surface area contributed by atoms with E-state index in [0.717, 1.165) is 11.1 Å². The highest BCUT2D eigenvalue weighted by molar-refractivity contribution is 5.52. The maximum Gasteiger partial charge on any atom is 0.200 e. The second kappa shape index (κ2) is 6.93. The first-order valence-corrected chi connectivity index (χ1v) is 6.80. The number of ether oxygens (including phenoxy) is 4. The van der Waals surface area contributed by atoms with Crippen molar-refractivity contribution >= 4 is 0 Å². The smallest absolute Gasteiger partial charge is 0.200 e. The first-order chi connectivity index (χ1) is 10.6. The summed E-state index contributed by atoms with van der Waals surface area (Å²) in [6, 6.07) is 9.14. The summed E-state index contributed by atoms with van der Waals surface area (Å²) in [5.41, 5.74) is 1.91. The Kier molecular flexibility index (Phi) is 4.99. The monoisotopic (exact) mass is 304 g/mol.